The highest BCUT2D eigenvalue weighted by Gasteiger charge is 2.29. The fraction of sp³-hybridized carbons (Fsp3) is 0.800. The molecule has 2 fully saturated rings. The lowest BCUT2D eigenvalue weighted by atomic mass is 10.00. The minimum Gasteiger partial charge on any atom is -0.351 e. The van der Waals surface area contributed by atoms with Crippen molar-refractivity contribution in [3.8, 4) is 0 Å². The normalized spacial score (nSPS) is 27.4. The van der Waals surface area contributed by atoms with E-state index in [1.807, 2.05) is 0 Å². The van der Waals surface area contributed by atoms with Crippen molar-refractivity contribution in [2.24, 2.45) is 5.92 Å². The van der Waals surface area contributed by atoms with Crippen molar-refractivity contribution < 1.29 is 9.59 Å². The molecule has 15 heavy (non-hydrogen) atoms. The first-order valence-electron chi connectivity index (χ1n) is 5.42. The molecule has 2 rings (SSSR count). The van der Waals surface area contributed by atoms with Crippen LogP contribution in [0.25, 0.3) is 0 Å². The molecular formula is C10H17N3O2. The van der Waals surface area contributed by atoms with Gasteiger partial charge in [0.15, 0.2) is 0 Å². The summed E-state index contributed by atoms with van der Waals surface area (Å²) in [5.74, 6) is 0.431. The van der Waals surface area contributed by atoms with Crippen molar-refractivity contribution in [1.82, 2.24) is 15.5 Å². The molecule has 2 aliphatic rings. The van der Waals surface area contributed by atoms with Gasteiger partial charge in [-0.3, -0.25) is 9.59 Å². The molecular weight excluding hydrogens is 194 g/mol. The van der Waals surface area contributed by atoms with E-state index in [0.717, 1.165) is 19.5 Å². The van der Waals surface area contributed by atoms with Crippen LogP contribution in [0.3, 0.4) is 0 Å². The van der Waals surface area contributed by atoms with Gasteiger partial charge in [0, 0.05) is 39.1 Å². The van der Waals surface area contributed by atoms with Gasteiger partial charge >= 0.3 is 0 Å². The molecule has 1 atom stereocenters. The van der Waals surface area contributed by atoms with Gasteiger partial charge in [0.2, 0.25) is 11.8 Å². The Morgan fingerprint density at radius 2 is 2.27 bits per heavy atom. The number of likely N-dealkylation sites (N-methyl/N-ethyl adjacent to an activating group) is 1. The van der Waals surface area contributed by atoms with Gasteiger partial charge in [0.05, 0.1) is 5.92 Å². The Bertz CT molecular complexity index is 276. The van der Waals surface area contributed by atoms with Crippen molar-refractivity contribution in [1.29, 1.82) is 0 Å². The van der Waals surface area contributed by atoms with Crippen LogP contribution in [0.5, 0.6) is 0 Å². The molecule has 0 saturated carbocycles. The van der Waals surface area contributed by atoms with E-state index >= 15 is 0 Å². The van der Waals surface area contributed by atoms with Crippen molar-refractivity contribution in [2.45, 2.75) is 18.9 Å². The van der Waals surface area contributed by atoms with Gasteiger partial charge < -0.3 is 15.5 Å². The van der Waals surface area contributed by atoms with Gasteiger partial charge in [-0.25, -0.2) is 0 Å². The van der Waals surface area contributed by atoms with Gasteiger partial charge in [0.25, 0.3) is 0 Å². The Morgan fingerprint density at radius 3 is 2.80 bits per heavy atom. The fourth-order valence-corrected chi connectivity index (χ4v) is 1.92. The lowest BCUT2D eigenvalue weighted by Crippen LogP contribution is -2.55. The third kappa shape index (κ3) is 2.28. The van der Waals surface area contributed by atoms with E-state index in [0.29, 0.717) is 13.0 Å². The van der Waals surface area contributed by atoms with Gasteiger partial charge in [-0.15, -0.1) is 0 Å². The lowest BCUT2D eigenvalue weighted by Gasteiger charge is -2.33. The molecule has 0 spiro atoms. The number of hydrogen-bond donors (Lipinski definition) is 2. The van der Waals surface area contributed by atoms with E-state index in [4.69, 9.17) is 0 Å². The first-order chi connectivity index (χ1) is 7.16. The van der Waals surface area contributed by atoms with E-state index in [9.17, 15) is 9.59 Å². The summed E-state index contributed by atoms with van der Waals surface area (Å²) in [7, 11) is 1.78. The Balaban J connectivity index is 1.79. The molecule has 0 aromatic rings. The number of nitrogens with one attached hydrogen (secondary N) is 2. The van der Waals surface area contributed by atoms with Crippen LogP contribution >= 0.6 is 0 Å². The zero-order valence-electron chi connectivity index (χ0n) is 8.95. The number of piperidine rings is 1. The smallest absolute Gasteiger partial charge is 0.225 e. The van der Waals surface area contributed by atoms with E-state index in [1.165, 1.54) is 0 Å². The number of carbonyl (C=O) groups excluding carboxylic acids is 2. The first-order valence-corrected chi connectivity index (χ1v) is 5.42. The third-order valence-electron chi connectivity index (χ3n) is 3.13. The highest BCUT2D eigenvalue weighted by atomic mass is 16.2. The summed E-state index contributed by atoms with van der Waals surface area (Å²) < 4.78 is 0. The lowest BCUT2D eigenvalue weighted by molar-refractivity contribution is -0.135. The van der Waals surface area contributed by atoms with Crippen LogP contribution in [0.1, 0.15) is 12.8 Å². The highest BCUT2D eigenvalue weighted by Crippen LogP contribution is 2.11. The molecule has 2 saturated heterocycles. The second kappa shape index (κ2) is 4.18. The number of amides is 2. The predicted molar refractivity (Wildman–Crippen MR) is 55.2 cm³/mol. The molecule has 2 aliphatic heterocycles. The van der Waals surface area contributed by atoms with Gasteiger partial charge in [-0.1, -0.05) is 0 Å². The molecule has 84 valence electrons. The quantitative estimate of drug-likeness (QED) is 0.612. The van der Waals surface area contributed by atoms with Crippen molar-refractivity contribution in [2.75, 3.05) is 26.7 Å². The molecule has 0 radical (unpaired) electrons. The van der Waals surface area contributed by atoms with Crippen molar-refractivity contribution >= 4 is 11.8 Å². The molecule has 2 N–H and O–H groups in total. The summed E-state index contributed by atoms with van der Waals surface area (Å²) in [4.78, 5) is 24.5. The molecule has 5 heteroatoms. The van der Waals surface area contributed by atoms with Crippen LogP contribution in [0.15, 0.2) is 0 Å². The molecule has 2 amide bonds. The number of likely N-dealkylation sites (tertiary alicyclic amines) is 1. The maximum atomic E-state index is 11.6. The van der Waals surface area contributed by atoms with Gasteiger partial charge in [0.1, 0.15) is 0 Å². The maximum absolute atomic E-state index is 11.6. The summed E-state index contributed by atoms with van der Waals surface area (Å²) in [5, 5.41) is 6.07. The van der Waals surface area contributed by atoms with Gasteiger partial charge in [-0.2, -0.15) is 0 Å². The zero-order valence-corrected chi connectivity index (χ0v) is 8.95. The minimum absolute atomic E-state index is 0.126. The standard InChI is InChI=1S/C10H17N3O2/c1-13-6-8(2-3-9(13)14)12-10(15)7-4-11-5-7/h7-8,11H,2-6H2,1H3,(H,12,15). The summed E-state index contributed by atoms with van der Waals surface area (Å²) in [6.07, 6.45) is 1.32. The molecule has 0 aliphatic carbocycles. The van der Waals surface area contributed by atoms with Crippen LogP contribution in [0, 0.1) is 5.92 Å². The average molecular weight is 211 g/mol. The summed E-state index contributed by atoms with van der Waals surface area (Å²) >= 11 is 0. The van der Waals surface area contributed by atoms with Crippen LogP contribution < -0.4 is 10.6 Å². The van der Waals surface area contributed by atoms with Crippen molar-refractivity contribution in [3.63, 3.8) is 0 Å². The monoisotopic (exact) mass is 211 g/mol. The molecule has 0 bridgehead atoms. The van der Waals surface area contributed by atoms with Crippen LogP contribution in [0.2, 0.25) is 0 Å². The van der Waals surface area contributed by atoms with E-state index in [-0.39, 0.29) is 23.8 Å². The molecule has 0 aromatic heterocycles. The second-order valence-electron chi connectivity index (χ2n) is 4.37. The van der Waals surface area contributed by atoms with Crippen molar-refractivity contribution in [3.05, 3.63) is 0 Å². The molecule has 0 aromatic carbocycles. The van der Waals surface area contributed by atoms with Gasteiger partial charge in [-0.05, 0) is 6.42 Å². The Labute approximate surface area is 89.2 Å². The summed E-state index contributed by atoms with van der Waals surface area (Å²) in [6, 6.07) is 0.140. The predicted octanol–water partition coefficient (Wildman–Crippen LogP) is -1.06. The highest BCUT2D eigenvalue weighted by molar-refractivity contribution is 5.81. The minimum atomic E-state index is 0.126. The van der Waals surface area contributed by atoms with Crippen LogP contribution in [-0.2, 0) is 9.59 Å². The van der Waals surface area contributed by atoms with E-state index in [2.05, 4.69) is 10.6 Å². The Kier molecular flexibility index (Phi) is 2.90. The van der Waals surface area contributed by atoms with Crippen LogP contribution in [-0.4, -0.2) is 49.4 Å². The summed E-state index contributed by atoms with van der Waals surface area (Å²) in [5.41, 5.74) is 0. The number of rotatable bonds is 2. The maximum Gasteiger partial charge on any atom is 0.225 e. The third-order valence-corrected chi connectivity index (χ3v) is 3.13. The molecule has 5 nitrogen and oxygen atoms in total. The summed E-state index contributed by atoms with van der Waals surface area (Å²) in [6.45, 7) is 2.21. The molecule has 2 heterocycles. The van der Waals surface area contributed by atoms with E-state index in [1.54, 1.807) is 11.9 Å². The first kappa shape index (κ1) is 10.4. The van der Waals surface area contributed by atoms with E-state index < -0.39 is 0 Å². The molecule has 1 unspecified atom stereocenters. The Morgan fingerprint density at radius 1 is 1.53 bits per heavy atom. The zero-order chi connectivity index (χ0) is 10.8. The Hall–Kier alpha value is -1.10. The van der Waals surface area contributed by atoms with Crippen LogP contribution in [0.4, 0.5) is 0 Å². The fourth-order valence-electron chi connectivity index (χ4n) is 1.92. The largest absolute Gasteiger partial charge is 0.351 e. The number of hydrogen-bond acceptors (Lipinski definition) is 3. The SMILES string of the molecule is CN1CC(NC(=O)C2CNC2)CCC1=O. The number of nitrogens with zero attached hydrogens (tertiary/aromatic N) is 1. The average Bonchev–Trinajstić information content (AvgIpc) is 2.08. The number of carbonyl (C=O) groups is 2. The second-order valence-corrected chi connectivity index (χ2v) is 4.37. The topological polar surface area (TPSA) is 61.4 Å².